The number of carboxylic acid groups (broad SMARTS) is 1. The van der Waals surface area contributed by atoms with E-state index in [1.807, 2.05) is 4.90 Å². The molecular formula is C15H20N2O4S. The molecule has 120 valence electrons. The average Bonchev–Trinajstić information content (AvgIpc) is 2.92. The predicted octanol–water partition coefficient (Wildman–Crippen LogP) is 2.08. The Balaban J connectivity index is 1.83. The summed E-state index contributed by atoms with van der Waals surface area (Å²) in [4.78, 5) is 36.8. The molecule has 0 radical (unpaired) electrons. The molecule has 6 nitrogen and oxygen atoms in total. The first-order valence-corrected chi connectivity index (χ1v) is 8.13. The lowest BCUT2D eigenvalue weighted by Gasteiger charge is -2.30. The van der Waals surface area contributed by atoms with Gasteiger partial charge >= 0.3 is 5.97 Å². The quantitative estimate of drug-likeness (QED) is 0.782. The molecule has 1 aliphatic rings. The van der Waals surface area contributed by atoms with E-state index in [1.165, 1.54) is 18.3 Å². The number of carbonyl (C=O) groups is 3. The molecule has 7 heteroatoms. The van der Waals surface area contributed by atoms with Crippen LogP contribution in [0.3, 0.4) is 0 Å². The molecule has 0 aromatic carbocycles. The van der Waals surface area contributed by atoms with E-state index in [0.29, 0.717) is 35.8 Å². The van der Waals surface area contributed by atoms with Gasteiger partial charge in [-0.1, -0.05) is 0 Å². The Labute approximate surface area is 133 Å². The second-order valence-corrected chi connectivity index (χ2v) is 6.58. The first kappa shape index (κ1) is 16.6. The Morgan fingerprint density at radius 2 is 2.18 bits per heavy atom. The van der Waals surface area contributed by atoms with Crippen LogP contribution in [-0.2, 0) is 9.59 Å². The van der Waals surface area contributed by atoms with Crippen LogP contribution in [0.4, 0.5) is 5.00 Å². The molecule has 1 atom stereocenters. The number of Topliss-reactive ketones (excluding diaryl/α,β-unsaturated/α-hetero) is 1. The molecule has 1 aliphatic heterocycles. The third-order valence-electron chi connectivity index (χ3n) is 3.69. The van der Waals surface area contributed by atoms with Gasteiger partial charge in [0, 0.05) is 26.4 Å². The molecule has 1 fully saturated rings. The Morgan fingerprint density at radius 1 is 1.41 bits per heavy atom. The van der Waals surface area contributed by atoms with Crippen molar-refractivity contribution in [2.45, 2.75) is 26.2 Å². The summed E-state index contributed by atoms with van der Waals surface area (Å²) in [5.41, 5.74) is 0. The molecule has 0 aliphatic carbocycles. The molecule has 0 saturated carbocycles. The van der Waals surface area contributed by atoms with Crippen LogP contribution in [0.5, 0.6) is 0 Å². The van der Waals surface area contributed by atoms with Crippen LogP contribution in [-0.4, -0.2) is 47.3 Å². The Morgan fingerprint density at radius 3 is 2.86 bits per heavy atom. The van der Waals surface area contributed by atoms with Crippen LogP contribution in [0.15, 0.2) is 12.1 Å². The van der Waals surface area contributed by atoms with Crippen molar-refractivity contribution >= 4 is 34.0 Å². The molecule has 22 heavy (non-hydrogen) atoms. The lowest BCUT2D eigenvalue weighted by atomic mass is 9.98. The smallest absolute Gasteiger partial charge is 0.307 e. The average molecular weight is 324 g/mol. The third-order valence-corrected chi connectivity index (χ3v) is 4.73. The fraction of sp³-hybridized carbons (Fsp3) is 0.533. The summed E-state index contributed by atoms with van der Waals surface area (Å²) < 4.78 is 0. The van der Waals surface area contributed by atoms with Gasteiger partial charge in [-0.05, 0) is 31.5 Å². The maximum atomic E-state index is 12.2. The molecule has 1 saturated heterocycles. The number of carbonyl (C=O) groups excluding carboxylic acids is 2. The first-order chi connectivity index (χ1) is 10.5. The molecule has 2 rings (SSSR count). The Hall–Kier alpha value is -1.73. The van der Waals surface area contributed by atoms with Crippen molar-refractivity contribution in [1.82, 2.24) is 4.90 Å². The second-order valence-electron chi connectivity index (χ2n) is 5.50. The summed E-state index contributed by atoms with van der Waals surface area (Å²) in [5.74, 6) is -1.21. The normalized spacial score (nSPS) is 18.9. The molecule has 2 heterocycles. The van der Waals surface area contributed by atoms with Crippen molar-refractivity contribution < 1.29 is 19.5 Å². The van der Waals surface area contributed by atoms with Gasteiger partial charge in [-0.25, -0.2) is 0 Å². The highest BCUT2D eigenvalue weighted by Crippen LogP contribution is 2.23. The summed E-state index contributed by atoms with van der Waals surface area (Å²) in [7, 11) is 0. The number of hydrogen-bond donors (Lipinski definition) is 2. The van der Waals surface area contributed by atoms with Crippen molar-refractivity contribution in [3.63, 3.8) is 0 Å². The number of ketones is 1. The molecular weight excluding hydrogens is 304 g/mol. The summed E-state index contributed by atoms with van der Waals surface area (Å²) in [6, 6.07) is 3.44. The van der Waals surface area contributed by atoms with E-state index < -0.39 is 5.97 Å². The number of aliphatic carboxylic acids is 1. The highest BCUT2D eigenvalue weighted by Gasteiger charge is 2.25. The number of amides is 1. The van der Waals surface area contributed by atoms with Crippen molar-refractivity contribution in [3.05, 3.63) is 17.0 Å². The number of anilines is 1. The molecule has 2 N–H and O–H groups in total. The van der Waals surface area contributed by atoms with Gasteiger partial charge in [-0.3, -0.25) is 14.4 Å². The van der Waals surface area contributed by atoms with Crippen molar-refractivity contribution in [1.29, 1.82) is 0 Å². The Bertz CT molecular complexity index is 570. The minimum Gasteiger partial charge on any atom is -0.481 e. The zero-order valence-corrected chi connectivity index (χ0v) is 13.3. The number of rotatable bonds is 6. The predicted molar refractivity (Wildman–Crippen MR) is 84.4 cm³/mol. The molecule has 1 amide bonds. The maximum Gasteiger partial charge on any atom is 0.307 e. The number of hydrogen-bond acceptors (Lipinski definition) is 5. The SMILES string of the molecule is CC(=O)Nc1ccc(C(=O)CCN2CCCC(C(=O)O)C2)s1. The summed E-state index contributed by atoms with van der Waals surface area (Å²) in [6.45, 7) is 3.37. The van der Waals surface area contributed by atoms with Crippen LogP contribution in [0, 0.1) is 5.92 Å². The summed E-state index contributed by atoms with van der Waals surface area (Å²) in [5, 5.41) is 12.4. The van der Waals surface area contributed by atoms with Crippen molar-refractivity contribution in [2.75, 3.05) is 25.0 Å². The van der Waals surface area contributed by atoms with E-state index in [2.05, 4.69) is 5.32 Å². The molecule has 1 aromatic rings. The maximum absolute atomic E-state index is 12.2. The van der Waals surface area contributed by atoms with E-state index in [0.717, 1.165) is 13.0 Å². The minimum absolute atomic E-state index is 0.0269. The van der Waals surface area contributed by atoms with Crippen LogP contribution in [0.2, 0.25) is 0 Å². The fourth-order valence-corrected chi connectivity index (χ4v) is 3.49. The van der Waals surface area contributed by atoms with Crippen LogP contribution in [0.25, 0.3) is 0 Å². The highest BCUT2D eigenvalue weighted by atomic mass is 32.1. The topological polar surface area (TPSA) is 86.7 Å². The Kier molecular flexibility index (Phi) is 5.68. The molecule has 1 aromatic heterocycles. The largest absolute Gasteiger partial charge is 0.481 e. The number of piperidine rings is 1. The monoisotopic (exact) mass is 324 g/mol. The zero-order valence-electron chi connectivity index (χ0n) is 12.5. The molecule has 1 unspecified atom stereocenters. The highest BCUT2D eigenvalue weighted by molar-refractivity contribution is 7.18. The zero-order chi connectivity index (χ0) is 16.1. The second kappa shape index (κ2) is 7.51. The van der Waals surface area contributed by atoms with Gasteiger partial charge in [0.25, 0.3) is 0 Å². The van der Waals surface area contributed by atoms with Crippen LogP contribution >= 0.6 is 11.3 Å². The van der Waals surface area contributed by atoms with E-state index >= 15 is 0 Å². The van der Waals surface area contributed by atoms with Gasteiger partial charge in [0.15, 0.2) is 5.78 Å². The van der Waals surface area contributed by atoms with Gasteiger partial charge in [-0.2, -0.15) is 0 Å². The minimum atomic E-state index is -0.755. The lowest BCUT2D eigenvalue weighted by Crippen LogP contribution is -2.39. The van der Waals surface area contributed by atoms with Gasteiger partial charge in [0.1, 0.15) is 0 Å². The number of thiophene rings is 1. The number of carboxylic acids is 1. The fourth-order valence-electron chi connectivity index (χ4n) is 2.57. The van der Waals surface area contributed by atoms with Crippen LogP contribution < -0.4 is 5.32 Å². The third kappa shape index (κ3) is 4.64. The number of nitrogens with zero attached hydrogens (tertiary/aromatic N) is 1. The van der Waals surface area contributed by atoms with E-state index in [9.17, 15) is 14.4 Å². The van der Waals surface area contributed by atoms with Gasteiger partial charge in [-0.15, -0.1) is 11.3 Å². The summed E-state index contributed by atoms with van der Waals surface area (Å²) in [6.07, 6.45) is 1.94. The van der Waals surface area contributed by atoms with Crippen LogP contribution in [0.1, 0.15) is 35.9 Å². The van der Waals surface area contributed by atoms with Gasteiger partial charge in [0.2, 0.25) is 5.91 Å². The number of likely N-dealkylation sites (tertiary alicyclic amines) is 1. The van der Waals surface area contributed by atoms with E-state index in [1.54, 1.807) is 12.1 Å². The van der Waals surface area contributed by atoms with Crippen molar-refractivity contribution in [2.24, 2.45) is 5.92 Å². The number of nitrogens with one attached hydrogen (secondary N) is 1. The summed E-state index contributed by atoms with van der Waals surface area (Å²) >= 11 is 1.27. The van der Waals surface area contributed by atoms with E-state index in [4.69, 9.17) is 5.11 Å². The van der Waals surface area contributed by atoms with Gasteiger partial charge < -0.3 is 15.3 Å². The molecule has 0 bridgehead atoms. The van der Waals surface area contributed by atoms with Gasteiger partial charge in [0.05, 0.1) is 15.8 Å². The first-order valence-electron chi connectivity index (χ1n) is 7.31. The lowest BCUT2D eigenvalue weighted by molar-refractivity contribution is -0.143. The molecule has 0 spiro atoms. The standard InChI is InChI=1S/C15H20N2O4S/c1-10(18)16-14-5-4-13(22-14)12(19)6-8-17-7-2-3-11(9-17)15(20)21/h4-5,11H,2-3,6-9H2,1H3,(H,16,18)(H,20,21). The van der Waals surface area contributed by atoms with E-state index in [-0.39, 0.29) is 17.6 Å². The van der Waals surface area contributed by atoms with Crippen molar-refractivity contribution in [3.8, 4) is 0 Å².